The van der Waals surface area contributed by atoms with E-state index < -0.39 is 0 Å². The molecule has 0 saturated heterocycles. The summed E-state index contributed by atoms with van der Waals surface area (Å²) >= 11 is 1.27. The van der Waals surface area contributed by atoms with E-state index in [1.165, 1.54) is 28.0 Å². The van der Waals surface area contributed by atoms with Gasteiger partial charge in [0.2, 0.25) is 4.96 Å². The van der Waals surface area contributed by atoms with Crippen molar-refractivity contribution in [3.05, 3.63) is 80.9 Å². The minimum Gasteiger partial charge on any atom is -0.266 e. The number of thiazole rings is 1. The number of benzene rings is 2. The molecule has 0 aliphatic heterocycles. The van der Waals surface area contributed by atoms with Crippen molar-refractivity contribution < 1.29 is 4.39 Å². The molecule has 112 valence electrons. The van der Waals surface area contributed by atoms with Crippen LogP contribution >= 0.6 is 11.3 Å². The van der Waals surface area contributed by atoms with E-state index in [0.29, 0.717) is 15.3 Å². The second kappa shape index (κ2) is 5.40. The highest BCUT2D eigenvalue weighted by Crippen LogP contribution is 2.15. The van der Waals surface area contributed by atoms with Gasteiger partial charge in [0.25, 0.3) is 5.56 Å². The van der Waals surface area contributed by atoms with Crippen LogP contribution in [0.5, 0.6) is 0 Å². The van der Waals surface area contributed by atoms with Gasteiger partial charge in [-0.1, -0.05) is 53.8 Å². The maximum Gasteiger partial charge on any atom is 0.291 e. The first-order valence-corrected chi connectivity index (χ1v) is 7.75. The van der Waals surface area contributed by atoms with E-state index in [1.807, 2.05) is 30.3 Å². The molecule has 2 aromatic heterocycles. The van der Waals surface area contributed by atoms with Crippen LogP contribution in [-0.2, 0) is 0 Å². The van der Waals surface area contributed by atoms with Gasteiger partial charge in [-0.3, -0.25) is 4.79 Å². The molecule has 23 heavy (non-hydrogen) atoms. The second-order valence-corrected chi connectivity index (χ2v) is 5.97. The Bertz CT molecular complexity index is 1080. The summed E-state index contributed by atoms with van der Waals surface area (Å²) in [5, 5.41) is 4.28. The Morgan fingerprint density at radius 1 is 1.04 bits per heavy atom. The van der Waals surface area contributed by atoms with Gasteiger partial charge >= 0.3 is 0 Å². The number of rotatable bonds is 2. The van der Waals surface area contributed by atoms with Crippen molar-refractivity contribution in [3.63, 3.8) is 0 Å². The highest BCUT2D eigenvalue weighted by molar-refractivity contribution is 7.15. The monoisotopic (exact) mass is 323 g/mol. The lowest BCUT2D eigenvalue weighted by molar-refractivity contribution is 0.628. The average Bonchev–Trinajstić information content (AvgIpc) is 3.11. The summed E-state index contributed by atoms with van der Waals surface area (Å²) in [5.41, 5.74) is 1.41. The Morgan fingerprint density at radius 3 is 2.48 bits per heavy atom. The molecule has 0 fully saturated rings. The fraction of sp³-hybridized carbons (Fsp3) is 0. The summed E-state index contributed by atoms with van der Waals surface area (Å²) in [7, 11) is 0. The Balaban J connectivity index is 1.82. The minimum absolute atomic E-state index is 0.219. The zero-order valence-electron chi connectivity index (χ0n) is 11.8. The fourth-order valence-electron chi connectivity index (χ4n) is 2.25. The number of aromatic nitrogens is 3. The molecular formula is C17H10FN3OS. The average molecular weight is 323 g/mol. The first kappa shape index (κ1) is 13.8. The topological polar surface area (TPSA) is 47.3 Å². The van der Waals surface area contributed by atoms with Gasteiger partial charge in [-0.25, -0.2) is 4.39 Å². The molecule has 0 N–H and O–H groups in total. The summed E-state index contributed by atoms with van der Waals surface area (Å²) < 4.78 is 14.8. The highest BCUT2D eigenvalue weighted by atomic mass is 32.1. The fourth-order valence-corrected chi connectivity index (χ4v) is 3.16. The van der Waals surface area contributed by atoms with Gasteiger partial charge in [0.05, 0.1) is 4.53 Å². The zero-order chi connectivity index (χ0) is 15.8. The predicted molar refractivity (Wildman–Crippen MR) is 87.8 cm³/mol. The van der Waals surface area contributed by atoms with E-state index in [9.17, 15) is 9.18 Å². The molecular weight excluding hydrogens is 313 g/mol. The molecule has 2 aromatic carbocycles. The van der Waals surface area contributed by atoms with Crippen molar-refractivity contribution in [2.24, 2.45) is 0 Å². The maximum absolute atomic E-state index is 12.9. The number of fused-ring (bicyclic) bond motifs is 1. The van der Waals surface area contributed by atoms with Gasteiger partial charge in [0.1, 0.15) is 5.82 Å². The lowest BCUT2D eigenvalue weighted by Crippen LogP contribution is -2.23. The van der Waals surface area contributed by atoms with Crippen molar-refractivity contribution in [2.75, 3.05) is 0 Å². The number of hydrogen-bond donors (Lipinski definition) is 0. The quantitative estimate of drug-likeness (QED) is 0.569. The standard InChI is InChI=1S/C17H10FN3OS/c18-13-8-6-11(7-9-13)10-14-16(22)21-17(23-14)19-15(20-21)12-4-2-1-3-5-12/h1-10H. The van der Waals surface area contributed by atoms with Crippen LogP contribution in [0.1, 0.15) is 5.56 Å². The summed E-state index contributed by atoms with van der Waals surface area (Å²) in [6, 6.07) is 15.5. The van der Waals surface area contributed by atoms with Crippen molar-refractivity contribution >= 4 is 22.4 Å². The molecule has 0 spiro atoms. The van der Waals surface area contributed by atoms with Gasteiger partial charge in [0.15, 0.2) is 5.82 Å². The van der Waals surface area contributed by atoms with E-state index in [2.05, 4.69) is 10.1 Å². The van der Waals surface area contributed by atoms with Gasteiger partial charge in [-0.2, -0.15) is 9.50 Å². The molecule has 0 aliphatic rings. The lowest BCUT2D eigenvalue weighted by atomic mass is 10.2. The molecule has 0 atom stereocenters. The van der Waals surface area contributed by atoms with Crippen LogP contribution in [0.3, 0.4) is 0 Å². The molecule has 2 heterocycles. The third kappa shape index (κ3) is 2.53. The van der Waals surface area contributed by atoms with Crippen molar-refractivity contribution in [1.29, 1.82) is 0 Å². The third-order valence-corrected chi connectivity index (χ3v) is 4.34. The molecule has 0 bridgehead atoms. The predicted octanol–water partition coefficient (Wildman–Crippen LogP) is 2.50. The number of halogens is 1. The minimum atomic E-state index is -0.306. The van der Waals surface area contributed by atoms with Crippen molar-refractivity contribution in [3.8, 4) is 11.4 Å². The summed E-state index contributed by atoms with van der Waals surface area (Å²) in [6.07, 6.45) is 1.71. The van der Waals surface area contributed by atoms with Crippen LogP contribution in [0, 0.1) is 5.82 Å². The summed E-state index contributed by atoms with van der Waals surface area (Å²) in [4.78, 5) is 17.4. The second-order valence-electron chi connectivity index (χ2n) is 4.96. The molecule has 6 heteroatoms. The zero-order valence-corrected chi connectivity index (χ0v) is 12.6. The van der Waals surface area contributed by atoms with Gasteiger partial charge < -0.3 is 0 Å². The van der Waals surface area contributed by atoms with Crippen LogP contribution in [-0.4, -0.2) is 14.6 Å². The molecule has 4 aromatic rings. The van der Waals surface area contributed by atoms with Crippen LogP contribution < -0.4 is 10.1 Å². The van der Waals surface area contributed by atoms with Crippen LogP contribution in [0.2, 0.25) is 0 Å². The van der Waals surface area contributed by atoms with Gasteiger partial charge in [-0.05, 0) is 23.8 Å². The van der Waals surface area contributed by atoms with Crippen LogP contribution in [0.4, 0.5) is 4.39 Å². The summed E-state index contributed by atoms with van der Waals surface area (Å²) in [6.45, 7) is 0. The molecule has 0 radical (unpaired) electrons. The first-order chi connectivity index (χ1) is 11.2. The Labute approximate surface area is 134 Å². The third-order valence-electron chi connectivity index (χ3n) is 3.38. The molecule has 0 unspecified atom stereocenters. The van der Waals surface area contributed by atoms with E-state index in [1.54, 1.807) is 18.2 Å². The van der Waals surface area contributed by atoms with E-state index in [4.69, 9.17) is 0 Å². The normalized spacial score (nSPS) is 12.1. The molecule has 0 aliphatic carbocycles. The maximum atomic E-state index is 12.9. The van der Waals surface area contributed by atoms with E-state index in [0.717, 1.165) is 11.1 Å². The number of nitrogens with zero attached hydrogens (tertiary/aromatic N) is 3. The molecule has 4 rings (SSSR count). The van der Waals surface area contributed by atoms with Crippen LogP contribution in [0.15, 0.2) is 59.4 Å². The van der Waals surface area contributed by atoms with Crippen molar-refractivity contribution in [1.82, 2.24) is 14.6 Å². The van der Waals surface area contributed by atoms with E-state index >= 15 is 0 Å². The largest absolute Gasteiger partial charge is 0.291 e. The van der Waals surface area contributed by atoms with Gasteiger partial charge in [-0.15, -0.1) is 5.10 Å². The molecule has 0 saturated carbocycles. The first-order valence-electron chi connectivity index (χ1n) is 6.93. The Kier molecular flexibility index (Phi) is 3.24. The van der Waals surface area contributed by atoms with Gasteiger partial charge in [0, 0.05) is 5.56 Å². The van der Waals surface area contributed by atoms with Crippen LogP contribution in [0.25, 0.3) is 22.4 Å². The molecule has 4 nitrogen and oxygen atoms in total. The number of hydrogen-bond acceptors (Lipinski definition) is 4. The Hall–Kier alpha value is -2.86. The molecule has 0 amide bonds. The summed E-state index contributed by atoms with van der Waals surface area (Å²) in [5.74, 6) is 0.224. The SMILES string of the molecule is O=c1c(=Cc2ccc(F)cc2)sc2nc(-c3ccccc3)nn12. The lowest BCUT2D eigenvalue weighted by Gasteiger charge is -1.91. The Morgan fingerprint density at radius 2 is 1.78 bits per heavy atom. The smallest absolute Gasteiger partial charge is 0.266 e. The van der Waals surface area contributed by atoms with Crippen molar-refractivity contribution in [2.45, 2.75) is 0 Å². The van der Waals surface area contributed by atoms with E-state index in [-0.39, 0.29) is 11.4 Å². The highest BCUT2D eigenvalue weighted by Gasteiger charge is 2.11.